The minimum atomic E-state index is 0.0387. The molecule has 27 heavy (non-hydrogen) atoms. The van der Waals surface area contributed by atoms with Crippen LogP contribution >= 0.6 is 0 Å². The molecule has 8 nitrogen and oxygen atoms in total. The van der Waals surface area contributed by atoms with Gasteiger partial charge in [0, 0.05) is 45.2 Å². The van der Waals surface area contributed by atoms with Crippen molar-refractivity contribution in [3.05, 3.63) is 41.2 Å². The van der Waals surface area contributed by atoms with E-state index >= 15 is 0 Å². The Morgan fingerprint density at radius 2 is 2.00 bits per heavy atom. The summed E-state index contributed by atoms with van der Waals surface area (Å²) < 4.78 is 0. The molecule has 0 spiro atoms. The van der Waals surface area contributed by atoms with Gasteiger partial charge in [-0.3, -0.25) is 4.90 Å². The topological polar surface area (TPSA) is 90.0 Å². The van der Waals surface area contributed by atoms with Crippen LogP contribution in [-0.2, 0) is 19.3 Å². The van der Waals surface area contributed by atoms with Gasteiger partial charge in [0.15, 0.2) is 5.82 Å². The Labute approximate surface area is 159 Å². The number of H-pyrrole nitrogens is 1. The first-order valence-electron chi connectivity index (χ1n) is 9.85. The molecule has 2 heterocycles. The summed E-state index contributed by atoms with van der Waals surface area (Å²) in [5.74, 6) is 0.687. The normalized spacial score (nSPS) is 20.3. The first-order chi connectivity index (χ1) is 13.3. The highest BCUT2D eigenvalue weighted by Gasteiger charge is 2.28. The van der Waals surface area contributed by atoms with E-state index in [1.54, 1.807) is 0 Å². The minimum absolute atomic E-state index is 0.0387. The molecule has 2 aromatic rings. The van der Waals surface area contributed by atoms with E-state index in [2.05, 4.69) is 55.1 Å². The number of fused-ring (bicyclic) bond motifs is 1. The number of urea groups is 1. The van der Waals surface area contributed by atoms with E-state index < -0.39 is 0 Å². The van der Waals surface area contributed by atoms with Gasteiger partial charge in [0.2, 0.25) is 0 Å². The maximum absolute atomic E-state index is 12.4. The summed E-state index contributed by atoms with van der Waals surface area (Å²) >= 11 is 0. The largest absolute Gasteiger partial charge is 0.338 e. The molecule has 1 unspecified atom stereocenters. The molecule has 4 rings (SSSR count). The average molecular weight is 369 g/mol. The molecule has 1 aromatic heterocycles. The molecule has 1 fully saturated rings. The van der Waals surface area contributed by atoms with E-state index in [4.69, 9.17) is 0 Å². The van der Waals surface area contributed by atoms with Crippen molar-refractivity contribution in [3.8, 4) is 0 Å². The molecule has 1 aliphatic heterocycles. The summed E-state index contributed by atoms with van der Waals surface area (Å²) in [5.41, 5.74) is 3.00. The highest BCUT2D eigenvalue weighted by molar-refractivity contribution is 5.74. The van der Waals surface area contributed by atoms with Crippen LogP contribution in [0.5, 0.6) is 0 Å². The number of piperazine rings is 1. The van der Waals surface area contributed by atoms with Crippen molar-refractivity contribution < 1.29 is 4.79 Å². The molecule has 0 saturated carbocycles. The van der Waals surface area contributed by atoms with Crippen molar-refractivity contribution in [3.63, 3.8) is 0 Å². The lowest BCUT2D eigenvalue weighted by atomic mass is 9.87. The van der Waals surface area contributed by atoms with Crippen LogP contribution < -0.4 is 5.32 Å². The van der Waals surface area contributed by atoms with Crippen molar-refractivity contribution in [2.75, 3.05) is 32.7 Å². The van der Waals surface area contributed by atoms with Gasteiger partial charge in [-0.1, -0.05) is 29.5 Å². The second kappa shape index (κ2) is 8.47. The van der Waals surface area contributed by atoms with Crippen molar-refractivity contribution in [1.29, 1.82) is 0 Å². The second-order valence-corrected chi connectivity index (χ2v) is 7.35. The average Bonchev–Trinajstić information content (AvgIpc) is 3.24. The van der Waals surface area contributed by atoms with Crippen molar-refractivity contribution >= 4 is 6.03 Å². The van der Waals surface area contributed by atoms with Gasteiger partial charge in [-0.25, -0.2) is 4.79 Å². The Hall–Kier alpha value is -2.48. The van der Waals surface area contributed by atoms with Gasteiger partial charge in [0.1, 0.15) is 0 Å². The molecular weight excluding hydrogens is 342 g/mol. The molecule has 2 amide bonds. The summed E-state index contributed by atoms with van der Waals surface area (Å²) in [6, 6.07) is 9.45. The predicted molar refractivity (Wildman–Crippen MR) is 101 cm³/mol. The van der Waals surface area contributed by atoms with Crippen molar-refractivity contribution in [2.45, 2.75) is 38.1 Å². The van der Waals surface area contributed by atoms with Crippen LogP contribution in [0.1, 0.15) is 29.8 Å². The number of aromatic amines is 1. The highest BCUT2D eigenvalue weighted by Crippen LogP contribution is 2.25. The monoisotopic (exact) mass is 369 g/mol. The van der Waals surface area contributed by atoms with E-state index in [-0.39, 0.29) is 6.03 Å². The number of nitrogens with one attached hydrogen (secondary N) is 2. The lowest BCUT2D eigenvalue weighted by Crippen LogP contribution is -2.55. The second-order valence-electron chi connectivity index (χ2n) is 7.35. The molecule has 8 heteroatoms. The third-order valence-electron chi connectivity index (χ3n) is 5.68. The maximum atomic E-state index is 12.4. The number of aromatic nitrogens is 4. The Bertz CT molecular complexity index is 740. The lowest BCUT2D eigenvalue weighted by molar-refractivity contribution is 0.101. The zero-order valence-corrected chi connectivity index (χ0v) is 15.6. The molecular formula is C19H27N7O. The van der Waals surface area contributed by atoms with Gasteiger partial charge < -0.3 is 10.2 Å². The van der Waals surface area contributed by atoms with Gasteiger partial charge in [-0.15, -0.1) is 10.2 Å². The summed E-state index contributed by atoms with van der Waals surface area (Å²) in [6.45, 7) is 4.16. The van der Waals surface area contributed by atoms with Crippen LogP contribution in [0.2, 0.25) is 0 Å². The first kappa shape index (κ1) is 17.9. The third-order valence-corrected chi connectivity index (χ3v) is 5.68. The summed E-state index contributed by atoms with van der Waals surface area (Å²) in [5, 5.41) is 16.8. The van der Waals surface area contributed by atoms with Gasteiger partial charge in [-0.05, 0) is 36.8 Å². The quantitative estimate of drug-likeness (QED) is 0.768. The van der Waals surface area contributed by atoms with Crippen LogP contribution in [-0.4, -0.2) is 75.2 Å². The Balaban J connectivity index is 1.18. The van der Waals surface area contributed by atoms with Gasteiger partial charge in [0.25, 0.3) is 0 Å². The molecule has 1 atom stereocenters. The van der Waals surface area contributed by atoms with Crippen LogP contribution in [0, 0.1) is 0 Å². The predicted octanol–water partition coefficient (Wildman–Crippen LogP) is 1.02. The Kier molecular flexibility index (Phi) is 5.62. The first-order valence-corrected chi connectivity index (χ1v) is 9.85. The van der Waals surface area contributed by atoms with Crippen molar-refractivity contribution in [1.82, 2.24) is 35.7 Å². The molecule has 0 bridgehead atoms. The fraction of sp³-hybridized carbons (Fsp3) is 0.579. The number of rotatable bonds is 5. The number of benzene rings is 1. The molecule has 1 aliphatic carbocycles. The SMILES string of the molecule is O=C(NCCCc1nn[nH]n1)N1CCN(C2CCc3ccccc3C2)CC1. The van der Waals surface area contributed by atoms with E-state index in [1.807, 2.05) is 4.90 Å². The Morgan fingerprint density at radius 1 is 1.19 bits per heavy atom. The van der Waals surface area contributed by atoms with Gasteiger partial charge in [0.05, 0.1) is 0 Å². The van der Waals surface area contributed by atoms with Crippen molar-refractivity contribution in [2.24, 2.45) is 0 Å². The smallest absolute Gasteiger partial charge is 0.317 e. The summed E-state index contributed by atoms with van der Waals surface area (Å²) in [6.07, 6.45) is 5.06. The number of amides is 2. The number of hydrogen-bond acceptors (Lipinski definition) is 5. The number of tetrazole rings is 1. The Morgan fingerprint density at radius 3 is 2.78 bits per heavy atom. The zero-order chi connectivity index (χ0) is 18.5. The number of carbonyl (C=O) groups excluding carboxylic acids is 1. The van der Waals surface area contributed by atoms with Gasteiger partial charge >= 0.3 is 6.03 Å². The zero-order valence-electron chi connectivity index (χ0n) is 15.6. The minimum Gasteiger partial charge on any atom is -0.338 e. The highest BCUT2D eigenvalue weighted by atomic mass is 16.2. The number of nitrogens with zero attached hydrogens (tertiary/aromatic N) is 5. The van der Waals surface area contributed by atoms with Crippen LogP contribution in [0.4, 0.5) is 4.79 Å². The van der Waals surface area contributed by atoms with Gasteiger partial charge in [-0.2, -0.15) is 5.21 Å². The summed E-state index contributed by atoms with van der Waals surface area (Å²) in [4.78, 5) is 16.9. The molecule has 2 N–H and O–H groups in total. The van der Waals surface area contributed by atoms with Crippen LogP contribution in [0.25, 0.3) is 0 Å². The molecule has 1 aromatic carbocycles. The van der Waals surface area contributed by atoms with E-state index in [0.29, 0.717) is 24.8 Å². The van der Waals surface area contributed by atoms with E-state index in [1.165, 1.54) is 24.0 Å². The summed E-state index contributed by atoms with van der Waals surface area (Å²) in [7, 11) is 0. The molecule has 144 valence electrons. The standard InChI is InChI=1S/C19H27N7O/c27-19(20-9-3-6-18-21-23-24-22-18)26-12-10-25(11-13-26)17-8-7-15-4-1-2-5-16(15)14-17/h1-2,4-5,17H,3,6-14H2,(H,20,27)(H,21,22,23,24). The van der Waals surface area contributed by atoms with E-state index in [9.17, 15) is 4.79 Å². The maximum Gasteiger partial charge on any atom is 0.317 e. The lowest BCUT2D eigenvalue weighted by Gasteiger charge is -2.41. The number of hydrogen-bond donors (Lipinski definition) is 2. The molecule has 1 saturated heterocycles. The fourth-order valence-electron chi connectivity index (χ4n) is 4.12. The third kappa shape index (κ3) is 4.44. The fourth-order valence-corrected chi connectivity index (χ4v) is 4.12. The van der Waals surface area contributed by atoms with Crippen LogP contribution in [0.3, 0.4) is 0 Å². The van der Waals surface area contributed by atoms with Crippen LogP contribution in [0.15, 0.2) is 24.3 Å². The number of aryl methyl sites for hydroxylation is 2. The number of carbonyl (C=O) groups is 1. The van der Waals surface area contributed by atoms with E-state index in [0.717, 1.165) is 39.0 Å². The molecule has 2 aliphatic rings. The molecule has 0 radical (unpaired) electrons.